The predicted octanol–water partition coefficient (Wildman–Crippen LogP) is 1.94. The van der Waals surface area contributed by atoms with Gasteiger partial charge in [0.05, 0.1) is 4.92 Å². The summed E-state index contributed by atoms with van der Waals surface area (Å²) in [5, 5.41) is 14.0. The van der Waals surface area contributed by atoms with Crippen LogP contribution in [0.5, 0.6) is 5.75 Å². The minimum Gasteiger partial charge on any atom is -0.482 e. The van der Waals surface area contributed by atoms with Crippen molar-refractivity contribution in [2.45, 2.75) is 12.5 Å². The molecule has 0 aromatic heterocycles. The van der Waals surface area contributed by atoms with Crippen molar-refractivity contribution in [3.05, 3.63) is 31.9 Å². The van der Waals surface area contributed by atoms with Crippen LogP contribution in [0.1, 0.15) is 6.42 Å². The van der Waals surface area contributed by atoms with Gasteiger partial charge >= 0.3 is 5.69 Å². The van der Waals surface area contributed by atoms with Gasteiger partial charge in [-0.05, 0) is 47.7 Å². The molecule has 0 amide bonds. The van der Waals surface area contributed by atoms with Gasteiger partial charge in [0.2, 0.25) is 0 Å². The van der Waals surface area contributed by atoms with Crippen LogP contribution in [-0.2, 0) is 0 Å². The van der Waals surface area contributed by atoms with Gasteiger partial charge in [0.25, 0.3) is 0 Å². The largest absolute Gasteiger partial charge is 0.482 e. The molecule has 86 valence electrons. The first kappa shape index (κ1) is 11.6. The van der Waals surface area contributed by atoms with E-state index >= 15 is 0 Å². The second kappa shape index (κ2) is 4.96. The van der Waals surface area contributed by atoms with E-state index in [0.717, 1.165) is 23.1 Å². The van der Waals surface area contributed by atoms with Gasteiger partial charge < -0.3 is 10.1 Å². The average molecular weight is 334 g/mol. The van der Waals surface area contributed by atoms with Gasteiger partial charge in [0, 0.05) is 16.2 Å². The molecule has 0 aliphatic carbocycles. The van der Waals surface area contributed by atoms with Crippen molar-refractivity contribution < 1.29 is 9.66 Å². The molecule has 1 heterocycles. The van der Waals surface area contributed by atoms with Crippen molar-refractivity contribution in [3.8, 4) is 5.75 Å². The molecule has 0 bridgehead atoms. The van der Waals surface area contributed by atoms with Gasteiger partial charge in [0.15, 0.2) is 5.75 Å². The van der Waals surface area contributed by atoms with Crippen LogP contribution in [0.15, 0.2) is 18.2 Å². The second-order valence-corrected chi connectivity index (χ2v) is 4.85. The van der Waals surface area contributed by atoms with E-state index in [4.69, 9.17) is 4.74 Å². The first-order valence-electron chi connectivity index (χ1n) is 4.98. The first-order valence-corrected chi connectivity index (χ1v) is 6.06. The Hall–Kier alpha value is -0.890. The zero-order valence-corrected chi connectivity index (χ0v) is 10.6. The highest BCUT2D eigenvalue weighted by molar-refractivity contribution is 14.1. The third kappa shape index (κ3) is 2.62. The molecule has 1 aliphatic rings. The molecule has 0 saturated carbocycles. The van der Waals surface area contributed by atoms with Gasteiger partial charge in [-0.25, -0.2) is 0 Å². The molecule has 1 atom stereocenters. The lowest BCUT2D eigenvalue weighted by Crippen LogP contribution is -2.20. The average Bonchev–Trinajstić information content (AvgIpc) is 2.73. The van der Waals surface area contributed by atoms with Crippen LogP contribution in [0, 0.1) is 13.7 Å². The summed E-state index contributed by atoms with van der Waals surface area (Å²) in [6.45, 7) is 1.66. The maximum absolute atomic E-state index is 10.9. The summed E-state index contributed by atoms with van der Waals surface area (Å²) in [5.41, 5.74) is 0.0406. The molecule has 5 nitrogen and oxygen atoms in total. The van der Waals surface area contributed by atoms with E-state index in [1.807, 2.05) is 28.7 Å². The summed E-state index contributed by atoms with van der Waals surface area (Å²) in [4.78, 5) is 10.5. The molecule has 1 fully saturated rings. The maximum atomic E-state index is 10.9. The SMILES string of the molecule is O=[N+]([O-])c1cc(I)ccc1OC1CCNC1. The van der Waals surface area contributed by atoms with Gasteiger partial charge in [0.1, 0.15) is 6.10 Å². The molecular weight excluding hydrogens is 323 g/mol. The highest BCUT2D eigenvalue weighted by Crippen LogP contribution is 2.30. The molecule has 1 aromatic rings. The minimum absolute atomic E-state index is 0.0405. The quantitative estimate of drug-likeness (QED) is 0.521. The molecule has 2 rings (SSSR count). The van der Waals surface area contributed by atoms with Crippen LogP contribution in [0.4, 0.5) is 5.69 Å². The Morgan fingerprint density at radius 2 is 2.38 bits per heavy atom. The fourth-order valence-electron chi connectivity index (χ4n) is 1.64. The molecule has 0 radical (unpaired) electrons. The van der Waals surface area contributed by atoms with Crippen molar-refractivity contribution in [2.75, 3.05) is 13.1 Å². The molecule has 1 aliphatic heterocycles. The zero-order valence-electron chi connectivity index (χ0n) is 8.48. The van der Waals surface area contributed by atoms with Crippen molar-refractivity contribution in [3.63, 3.8) is 0 Å². The minimum atomic E-state index is -0.403. The number of rotatable bonds is 3. The third-order valence-electron chi connectivity index (χ3n) is 2.43. The standard InChI is InChI=1S/C10H11IN2O3/c11-7-1-2-10(9(5-7)13(14)15)16-8-3-4-12-6-8/h1-2,5,8,12H,3-4,6H2. The number of nitro groups is 1. The smallest absolute Gasteiger partial charge is 0.311 e. The van der Waals surface area contributed by atoms with E-state index in [1.165, 1.54) is 6.07 Å². The van der Waals surface area contributed by atoms with Gasteiger partial charge in [-0.3, -0.25) is 10.1 Å². The Kier molecular flexibility index (Phi) is 3.59. The van der Waals surface area contributed by atoms with Crippen LogP contribution in [0.3, 0.4) is 0 Å². The zero-order chi connectivity index (χ0) is 11.5. The van der Waals surface area contributed by atoms with Crippen LogP contribution in [0.25, 0.3) is 0 Å². The lowest BCUT2D eigenvalue weighted by atomic mass is 10.2. The molecule has 1 saturated heterocycles. The van der Waals surface area contributed by atoms with E-state index < -0.39 is 4.92 Å². The van der Waals surface area contributed by atoms with E-state index in [1.54, 1.807) is 6.07 Å². The number of benzene rings is 1. The Bertz CT molecular complexity index is 405. The van der Waals surface area contributed by atoms with Gasteiger partial charge in [-0.2, -0.15) is 0 Å². The molecule has 16 heavy (non-hydrogen) atoms. The first-order chi connectivity index (χ1) is 7.66. The number of hydrogen-bond donors (Lipinski definition) is 1. The highest BCUT2D eigenvalue weighted by Gasteiger charge is 2.21. The summed E-state index contributed by atoms with van der Waals surface area (Å²) in [5.74, 6) is 0.360. The van der Waals surface area contributed by atoms with Crippen LogP contribution in [-0.4, -0.2) is 24.1 Å². The monoisotopic (exact) mass is 334 g/mol. The van der Waals surface area contributed by atoms with Gasteiger partial charge in [-0.1, -0.05) is 0 Å². The molecule has 1 unspecified atom stereocenters. The summed E-state index contributed by atoms with van der Waals surface area (Å²) in [6.07, 6.45) is 0.933. The Balaban J connectivity index is 2.21. The van der Waals surface area contributed by atoms with E-state index in [9.17, 15) is 10.1 Å². The van der Waals surface area contributed by atoms with Crippen molar-refractivity contribution in [2.24, 2.45) is 0 Å². The molecule has 6 heteroatoms. The fourth-order valence-corrected chi connectivity index (χ4v) is 2.12. The number of nitrogens with zero attached hydrogens (tertiary/aromatic N) is 1. The Morgan fingerprint density at radius 1 is 1.56 bits per heavy atom. The van der Waals surface area contributed by atoms with Crippen LogP contribution < -0.4 is 10.1 Å². The fraction of sp³-hybridized carbons (Fsp3) is 0.400. The van der Waals surface area contributed by atoms with Crippen molar-refractivity contribution >= 4 is 28.3 Å². The van der Waals surface area contributed by atoms with Crippen molar-refractivity contribution in [1.29, 1.82) is 0 Å². The van der Waals surface area contributed by atoms with E-state index in [2.05, 4.69) is 5.32 Å². The lowest BCUT2D eigenvalue weighted by Gasteiger charge is -2.12. The highest BCUT2D eigenvalue weighted by atomic mass is 127. The molecule has 1 aromatic carbocycles. The molecule has 1 N–H and O–H groups in total. The maximum Gasteiger partial charge on any atom is 0.311 e. The molecular formula is C10H11IN2O3. The Labute approximate surface area is 106 Å². The van der Waals surface area contributed by atoms with E-state index in [0.29, 0.717) is 5.75 Å². The van der Waals surface area contributed by atoms with Crippen LogP contribution >= 0.6 is 22.6 Å². The topological polar surface area (TPSA) is 64.4 Å². The number of nitrogens with one attached hydrogen (secondary N) is 1. The number of ether oxygens (including phenoxy) is 1. The normalized spacial score (nSPS) is 19.7. The predicted molar refractivity (Wildman–Crippen MR) is 67.7 cm³/mol. The Morgan fingerprint density at radius 3 is 3.00 bits per heavy atom. The second-order valence-electron chi connectivity index (χ2n) is 3.60. The number of hydrogen-bond acceptors (Lipinski definition) is 4. The van der Waals surface area contributed by atoms with Crippen molar-refractivity contribution in [1.82, 2.24) is 5.32 Å². The third-order valence-corrected chi connectivity index (χ3v) is 3.10. The van der Waals surface area contributed by atoms with Crippen LogP contribution in [0.2, 0.25) is 0 Å². The summed E-state index contributed by atoms with van der Waals surface area (Å²) in [6, 6.07) is 5.00. The summed E-state index contributed by atoms with van der Waals surface area (Å²) < 4.78 is 6.45. The van der Waals surface area contributed by atoms with E-state index in [-0.39, 0.29) is 11.8 Å². The lowest BCUT2D eigenvalue weighted by molar-refractivity contribution is -0.386. The van der Waals surface area contributed by atoms with Gasteiger partial charge in [-0.15, -0.1) is 0 Å². The number of nitro benzene ring substituents is 1. The summed E-state index contributed by atoms with van der Waals surface area (Å²) >= 11 is 2.05. The number of halogens is 1. The summed E-state index contributed by atoms with van der Waals surface area (Å²) in [7, 11) is 0. The molecule has 0 spiro atoms.